The molecule has 0 aliphatic rings. The molecule has 0 aliphatic carbocycles. The summed E-state index contributed by atoms with van der Waals surface area (Å²) in [6.45, 7) is 0.363. The van der Waals surface area contributed by atoms with Gasteiger partial charge in [0.1, 0.15) is 5.82 Å². The summed E-state index contributed by atoms with van der Waals surface area (Å²) in [5.41, 5.74) is 0.0742. The predicted molar refractivity (Wildman–Crippen MR) is 61.8 cm³/mol. The molecule has 0 bridgehead atoms. The molecule has 0 radical (unpaired) electrons. The lowest BCUT2D eigenvalue weighted by molar-refractivity contribution is -0.135. The Labute approximate surface area is 108 Å². The average Bonchev–Trinajstić information content (AvgIpc) is 2.37. The molecule has 1 rings (SSSR count). The molecule has 0 aliphatic heterocycles. The first-order chi connectivity index (χ1) is 8.92. The molecule has 8 heteroatoms. The Balaban J connectivity index is 2.29. The fourth-order valence-corrected chi connectivity index (χ4v) is 1.30. The summed E-state index contributed by atoms with van der Waals surface area (Å²) < 4.78 is 40.1. The van der Waals surface area contributed by atoms with Gasteiger partial charge in [0.2, 0.25) is 0 Å². The number of halogens is 3. The average molecular weight is 277 g/mol. The van der Waals surface area contributed by atoms with Crippen LogP contribution in [-0.2, 0) is 4.74 Å². The van der Waals surface area contributed by atoms with Gasteiger partial charge in [-0.05, 0) is 12.8 Å². The van der Waals surface area contributed by atoms with Crippen molar-refractivity contribution in [1.29, 1.82) is 0 Å². The Morgan fingerprint density at radius 1 is 1.32 bits per heavy atom. The fourth-order valence-electron chi connectivity index (χ4n) is 1.30. The molecule has 0 aromatic carbocycles. The van der Waals surface area contributed by atoms with E-state index in [1.165, 1.54) is 19.5 Å². The van der Waals surface area contributed by atoms with Crippen molar-refractivity contribution in [1.82, 2.24) is 9.97 Å². The number of esters is 1. The fraction of sp³-hybridized carbons (Fsp3) is 0.545. The van der Waals surface area contributed by atoms with Crippen LogP contribution in [0.1, 0.15) is 29.8 Å². The molecule has 0 fully saturated rings. The third kappa shape index (κ3) is 6.03. The first-order valence-electron chi connectivity index (χ1n) is 5.63. The number of nitrogens with one attached hydrogen (secondary N) is 1. The predicted octanol–water partition coefficient (Wildman–Crippen LogP) is 2.41. The molecule has 0 amide bonds. The van der Waals surface area contributed by atoms with E-state index in [2.05, 4.69) is 20.0 Å². The largest absolute Gasteiger partial charge is 0.464 e. The number of carbonyl (C=O) groups is 1. The zero-order valence-electron chi connectivity index (χ0n) is 10.3. The van der Waals surface area contributed by atoms with Crippen LogP contribution in [0.25, 0.3) is 0 Å². The van der Waals surface area contributed by atoms with E-state index in [-0.39, 0.29) is 12.1 Å². The van der Waals surface area contributed by atoms with E-state index in [9.17, 15) is 18.0 Å². The van der Waals surface area contributed by atoms with Crippen molar-refractivity contribution in [2.45, 2.75) is 25.4 Å². The second-order valence-electron chi connectivity index (χ2n) is 3.78. The molecule has 0 saturated carbocycles. The zero-order chi connectivity index (χ0) is 14.3. The minimum absolute atomic E-state index is 0.0597. The monoisotopic (exact) mass is 277 g/mol. The highest BCUT2D eigenvalue weighted by Gasteiger charge is 2.25. The van der Waals surface area contributed by atoms with Gasteiger partial charge in [0.05, 0.1) is 19.5 Å². The number of carbonyl (C=O) groups excluding carboxylic acids is 1. The quantitative estimate of drug-likeness (QED) is 0.639. The van der Waals surface area contributed by atoms with Gasteiger partial charge in [-0.3, -0.25) is 0 Å². The summed E-state index contributed by atoms with van der Waals surface area (Å²) in [5, 5.41) is 2.82. The van der Waals surface area contributed by atoms with Crippen LogP contribution in [0.3, 0.4) is 0 Å². The van der Waals surface area contributed by atoms with Gasteiger partial charge in [0, 0.05) is 13.0 Å². The molecule has 0 atom stereocenters. The maximum atomic E-state index is 11.9. The molecule has 19 heavy (non-hydrogen) atoms. The molecule has 0 saturated heterocycles. The van der Waals surface area contributed by atoms with Gasteiger partial charge >= 0.3 is 12.1 Å². The Morgan fingerprint density at radius 2 is 2.05 bits per heavy atom. The number of unbranched alkanes of at least 4 members (excludes halogenated alkanes) is 1. The van der Waals surface area contributed by atoms with Crippen LogP contribution in [-0.4, -0.2) is 35.8 Å². The maximum Gasteiger partial charge on any atom is 0.389 e. The lowest BCUT2D eigenvalue weighted by Gasteiger charge is -2.07. The minimum atomic E-state index is -4.11. The number of ether oxygens (including phenoxy) is 1. The van der Waals surface area contributed by atoms with Crippen molar-refractivity contribution in [2.24, 2.45) is 0 Å². The number of methoxy groups -OCH3 is 1. The van der Waals surface area contributed by atoms with Crippen LogP contribution in [0.15, 0.2) is 12.4 Å². The maximum absolute atomic E-state index is 11.9. The van der Waals surface area contributed by atoms with Crippen molar-refractivity contribution < 1.29 is 22.7 Å². The molecule has 1 aromatic heterocycles. The lowest BCUT2D eigenvalue weighted by Crippen LogP contribution is -2.10. The number of alkyl halides is 3. The molecule has 0 spiro atoms. The first-order valence-corrected chi connectivity index (χ1v) is 5.63. The molecule has 0 unspecified atom stereocenters. The lowest BCUT2D eigenvalue weighted by atomic mass is 10.2. The van der Waals surface area contributed by atoms with E-state index in [0.717, 1.165) is 0 Å². The SMILES string of the molecule is COC(=O)c1cnc(NCCCCC(F)(F)F)cn1. The Hall–Kier alpha value is -1.86. The molecular weight excluding hydrogens is 263 g/mol. The van der Waals surface area contributed by atoms with Gasteiger partial charge < -0.3 is 10.1 Å². The van der Waals surface area contributed by atoms with Crippen molar-refractivity contribution in [3.8, 4) is 0 Å². The van der Waals surface area contributed by atoms with Crippen LogP contribution < -0.4 is 5.32 Å². The highest BCUT2D eigenvalue weighted by Crippen LogP contribution is 2.21. The number of aromatic nitrogens is 2. The summed E-state index contributed by atoms with van der Waals surface area (Å²) in [5.74, 6) is -0.191. The second-order valence-corrected chi connectivity index (χ2v) is 3.78. The van der Waals surface area contributed by atoms with E-state index >= 15 is 0 Å². The third-order valence-electron chi connectivity index (χ3n) is 2.24. The number of nitrogens with zero attached hydrogens (tertiary/aromatic N) is 2. The van der Waals surface area contributed by atoms with Gasteiger partial charge in [-0.2, -0.15) is 13.2 Å². The molecular formula is C11H14F3N3O2. The van der Waals surface area contributed by atoms with Crippen molar-refractivity contribution in [3.05, 3.63) is 18.1 Å². The van der Waals surface area contributed by atoms with Crippen LogP contribution in [0.4, 0.5) is 19.0 Å². The number of rotatable bonds is 6. The smallest absolute Gasteiger partial charge is 0.389 e. The van der Waals surface area contributed by atoms with E-state index in [1.54, 1.807) is 0 Å². The van der Waals surface area contributed by atoms with Crippen LogP contribution in [0.2, 0.25) is 0 Å². The van der Waals surface area contributed by atoms with Gasteiger partial charge in [-0.15, -0.1) is 0 Å². The van der Waals surface area contributed by atoms with Crippen LogP contribution >= 0.6 is 0 Å². The van der Waals surface area contributed by atoms with Gasteiger partial charge in [0.15, 0.2) is 5.69 Å². The Bertz CT molecular complexity index is 407. The van der Waals surface area contributed by atoms with Crippen molar-refractivity contribution in [2.75, 3.05) is 19.0 Å². The van der Waals surface area contributed by atoms with Gasteiger partial charge in [-0.25, -0.2) is 14.8 Å². The van der Waals surface area contributed by atoms with E-state index in [4.69, 9.17) is 0 Å². The van der Waals surface area contributed by atoms with E-state index in [1.807, 2.05) is 0 Å². The Morgan fingerprint density at radius 3 is 2.58 bits per heavy atom. The van der Waals surface area contributed by atoms with Gasteiger partial charge in [0.25, 0.3) is 0 Å². The van der Waals surface area contributed by atoms with Crippen molar-refractivity contribution >= 4 is 11.8 Å². The highest BCUT2D eigenvalue weighted by molar-refractivity contribution is 5.86. The van der Waals surface area contributed by atoms with Crippen LogP contribution in [0.5, 0.6) is 0 Å². The number of hydrogen-bond donors (Lipinski definition) is 1. The second kappa shape index (κ2) is 6.91. The molecule has 1 aromatic rings. The number of anilines is 1. The topological polar surface area (TPSA) is 64.1 Å². The summed E-state index contributed by atoms with van der Waals surface area (Å²) in [7, 11) is 1.23. The minimum Gasteiger partial charge on any atom is -0.464 e. The molecule has 5 nitrogen and oxygen atoms in total. The summed E-state index contributed by atoms with van der Waals surface area (Å²) in [6, 6.07) is 0. The van der Waals surface area contributed by atoms with E-state index < -0.39 is 18.6 Å². The zero-order valence-corrected chi connectivity index (χ0v) is 10.3. The van der Waals surface area contributed by atoms with Crippen molar-refractivity contribution in [3.63, 3.8) is 0 Å². The first kappa shape index (κ1) is 15.2. The highest BCUT2D eigenvalue weighted by atomic mass is 19.4. The third-order valence-corrected chi connectivity index (χ3v) is 2.24. The Kier molecular flexibility index (Phi) is 5.53. The summed E-state index contributed by atoms with van der Waals surface area (Å²) in [4.78, 5) is 18.8. The standard InChI is InChI=1S/C11H14F3N3O2/c1-19-10(18)8-6-17-9(7-16-8)15-5-3-2-4-11(12,13)14/h6-7H,2-5H2,1H3,(H,15,17). The molecule has 1 N–H and O–H groups in total. The summed E-state index contributed by atoms with van der Waals surface area (Å²) >= 11 is 0. The van der Waals surface area contributed by atoms with Gasteiger partial charge in [-0.1, -0.05) is 0 Å². The normalized spacial score (nSPS) is 11.2. The molecule has 106 valence electrons. The van der Waals surface area contributed by atoms with Crippen LogP contribution in [0, 0.1) is 0 Å². The molecule has 1 heterocycles. The summed E-state index contributed by atoms with van der Waals surface area (Å²) in [6.07, 6.45) is -1.90. The number of hydrogen-bond acceptors (Lipinski definition) is 5. The van der Waals surface area contributed by atoms with E-state index in [0.29, 0.717) is 18.8 Å².